The fourth-order valence-corrected chi connectivity index (χ4v) is 3.34. The van der Waals surface area contributed by atoms with Gasteiger partial charge in [0, 0.05) is 35.9 Å². The van der Waals surface area contributed by atoms with Crippen molar-refractivity contribution in [1.82, 2.24) is 4.98 Å². The summed E-state index contributed by atoms with van der Waals surface area (Å²) in [6, 6.07) is 14.4. The minimum atomic E-state index is -0.385. The van der Waals surface area contributed by atoms with Crippen molar-refractivity contribution in [3.8, 4) is 0 Å². The van der Waals surface area contributed by atoms with Gasteiger partial charge in [0.1, 0.15) is 5.82 Å². The summed E-state index contributed by atoms with van der Waals surface area (Å²) in [6.07, 6.45) is 4.87. The third-order valence-electron chi connectivity index (χ3n) is 4.72. The Hall–Kier alpha value is -3.54. The Morgan fingerprint density at radius 1 is 1.04 bits per heavy atom. The average molecular weight is 375 g/mol. The number of aryl methyl sites for hydroxylation is 1. The minimum Gasteiger partial charge on any atom is -0.322 e. The van der Waals surface area contributed by atoms with Crippen LogP contribution in [0.4, 0.5) is 15.8 Å². The van der Waals surface area contributed by atoms with E-state index in [1.807, 2.05) is 12.1 Å². The van der Waals surface area contributed by atoms with Gasteiger partial charge in [-0.1, -0.05) is 0 Å². The Morgan fingerprint density at radius 2 is 1.86 bits per heavy atom. The Labute approximate surface area is 161 Å². The fraction of sp³-hybridized carbons (Fsp3) is 0.136. The number of fused-ring (bicyclic) bond motifs is 1. The van der Waals surface area contributed by atoms with Gasteiger partial charge in [0.25, 0.3) is 11.8 Å². The summed E-state index contributed by atoms with van der Waals surface area (Å²) >= 11 is 0. The van der Waals surface area contributed by atoms with E-state index in [9.17, 15) is 14.0 Å². The lowest BCUT2D eigenvalue weighted by atomic mass is 10.00. The van der Waals surface area contributed by atoms with Gasteiger partial charge in [-0.05, 0) is 73.0 Å². The topological polar surface area (TPSA) is 62.3 Å². The number of benzene rings is 2. The number of carbonyl (C=O) groups excluding carboxylic acids is 2. The largest absolute Gasteiger partial charge is 0.322 e. The van der Waals surface area contributed by atoms with Gasteiger partial charge >= 0.3 is 0 Å². The number of amides is 2. The van der Waals surface area contributed by atoms with Crippen molar-refractivity contribution in [3.05, 3.63) is 89.5 Å². The highest BCUT2D eigenvalue weighted by Gasteiger charge is 2.24. The van der Waals surface area contributed by atoms with Crippen LogP contribution < -0.4 is 10.2 Å². The standard InChI is InChI=1S/C22H18FN3O2/c23-18-7-5-15(6-8-18)21(27)25-19-9-10-20-16(13-19)4-2-12-26(20)22(28)17-3-1-11-24-14-17/h1,3,5-11,13-14H,2,4,12H2,(H,25,27). The summed E-state index contributed by atoms with van der Waals surface area (Å²) in [5.41, 5.74) is 3.42. The first-order valence-electron chi connectivity index (χ1n) is 9.03. The molecule has 0 fully saturated rings. The first-order chi connectivity index (χ1) is 13.6. The molecule has 1 N–H and O–H groups in total. The number of pyridine rings is 1. The zero-order valence-electron chi connectivity index (χ0n) is 15.1. The van der Waals surface area contributed by atoms with E-state index in [4.69, 9.17) is 0 Å². The minimum absolute atomic E-state index is 0.0860. The summed E-state index contributed by atoms with van der Waals surface area (Å²) in [6.45, 7) is 0.641. The predicted octanol–water partition coefficient (Wildman–Crippen LogP) is 4.07. The number of halogens is 1. The molecule has 140 valence electrons. The average Bonchev–Trinajstić information content (AvgIpc) is 2.73. The molecule has 2 aromatic carbocycles. The molecular formula is C22H18FN3O2. The summed E-state index contributed by atoms with van der Waals surface area (Å²) in [7, 11) is 0. The monoisotopic (exact) mass is 375 g/mol. The number of hydrogen-bond acceptors (Lipinski definition) is 3. The second-order valence-electron chi connectivity index (χ2n) is 6.61. The van der Waals surface area contributed by atoms with Crippen molar-refractivity contribution < 1.29 is 14.0 Å². The number of rotatable bonds is 3. The van der Waals surface area contributed by atoms with E-state index in [1.54, 1.807) is 35.5 Å². The molecule has 6 heteroatoms. The SMILES string of the molecule is O=C(Nc1ccc2c(c1)CCCN2C(=O)c1cccnc1)c1ccc(F)cc1. The van der Waals surface area contributed by atoms with E-state index in [2.05, 4.69) is 10.3 Å². The second-order valence-corrected chi connectivity index (χ2v) is 6.61. The molecule has 1 aliphatic rings. The van der Waals surface area contributed by atoms with Crippen LogP contribution in [0.25, 0.3) is 0 Å². The van der Waals surface area contributed by atoms with E-state index >= 15 is 0 Å². The molecule has 0 unspecified atom stereocenters. The Kier molecular flexibility index (Phi) is 4.85. The molecular weight excluding hydrogens is 357 g/mol. The lowest BCUT2D eigenvalue weighted by Crippen LogP contribution is -2.35. The van der Waals surface area contributed by atoms with Crippen molar-refractivity contribution in [2.75, 3.05) is 16.8 Å². The number of hydrogen-bond donors (Lipinski definition) is 1. The number of nitrogens with zero attached hydrogens (tertiary/aromatic N) is 2. The Bertz CT molecular complexity index is 1020. The third kappa shape index (κ3) is 3.62. The Balaban J connectivity index is 1.55. The maximum absolute atomic E-state index is 13.0. The highest BCUT2D eigenvalue weighted by Crippen LogP contribution is 2.31. The molecule has 0 bridgehead atoms. The first-order valence-corrected chi connectivity index (χ1v) is 9.03. The molecule has 4 rings (SSSR count). The molecule has 2 amide bonds. The molecule has 0 atom stereocenters. The van der Waals surface area contributed by atoms with Crippen LogP contribution in [-0.2, 0) is 6.42 Å². The molecule has 5 nitrogen and oxygen atoms in total. The van der Waals surface area contributed by atoms with Crippen LogP contribution in [0.5, 0.6) is 0 Å². The first kappa shape index (κ1) is 17.9. The van der Waals surface area contributed by atoms with Crippen LogP contribution in [0.15, 0.2) is 67.0 Å². The van der Waals surface area contributed by atoms with Gasteiger partial charge in [-0.15, -0.1) is 0 Å². The molecule has 0 spiro atoms. The lowest BCUT2D eigenvalue weighted by molar-refractivity contribution is 0.0983. The van der Waals surface area contributed by atoms with Crippen LogP contribution in [0.2, 0.25) is 0 Å². The van der Waals surface area contributed by atoms with Crippen molar-refractivity contribution in [2.24, 2.45) is 0 Å². The normalized spacial score (nSPS) is 13.0. The van der Waals surface area contributed by atoms with Crippen molar-refractivity contribution >= 4 is 23.2 Å². The summed E-state index contributed by atoms with van der Waals surface area (Å²) in [5, 5.41) is 2.83. The van der Waals surface area contributed by atoms with Gasteiger partial charge in [-0.2, -0.15) is 0 Å². The lowest BCUT2D eigenvalue weighted by Gasteiger charge is -2.30. The molecule has 1 aliphatic heterocycles. The predicted molar refractivity (Wildman–Crippen MR) is 105 cm³/mol. The number of anilines is 2. The van der Waals surface area contributed by atoms with Crippen molar-refractivity contribution in [3.63, 3.8) is 0 Å². The third-order valence-corrected chi connectivity index (χ3v) is 4.72. The number of nitrogens with one attached hydrogen (secondary N) is 1. The maximum atomic E-state index is 13.0. The molecule has 0 radical (unpaired) electrons. The highest BCUT2D eigenvalue weighted by molar-refractivity contribution is 6.07. The van der Waals surface area contributed by atoms with Crippen LogP contribution >= 0.6 is 0 Å². The van der Waals surface area contributed by atoms with E-state index in [0.29, 0.717) is 23.4 Å². The zero-order chi connectivity index (χ0) is 19.5. The maximum Gasteiger partial charge on any atom is 0.259 e. The van der Waals surface area contributed by atoms with Gasteiger partial charge in [0.05, 0.1) is 5.56 Å². The van der Waals surface area contributed by atoms with Crippen molar-refractivity contribution in [2.45, 2.75) is 12.8 Å². The van der Waals surface area contributed by atoms with Gasteiger partial charge in [0.15, 0.2) is 0 Å². The van der Waals surface area contributed by atoms with Gasteiger partial charge in [-0.25, -0.2) is 4.39 Å². The van der Waals surface area contributed by atoms with Crippen LogP contribution in [0.3, 0.4) is 0 Å². The van der Waals surface area contributed by atoms with E-state index in [0.717, 1.165) is 24.1 Å². The Morgan fingerprint density at radius 3 is 2.61 bits per heavy atom. The highest BCUT2D eigenvalue weighted by atomic mass is 19.1. The van der Waals surface area contributed by atoms with Gasteiger partial charge < -0.3 is 10.2 Å². The molecule has 0 saturated carbocycles. The van der Waals surface area contributed by atoms with Gasteiger partial charge in [0.2, 0.25) is 0 Å². The summed E-state index contributed by atoms with van der Waals surface area (Å²) < 4.78 is 13.0. The second kappa shape index (κ2) is 7.60. The number of aromatic nitrogens is 1. The number of carbonyl (C=O) groups is 2. The summed E-state index contributed by atoms with van der Waals surface area (Å²) in [5.74, 6) is -0.778. The van der Waals surface area contributed by atoms with E-state index in [1.165, 1.54) is 24.3 Å². The fourth-order valence-electron chi connectivity index (χ4n) is 3.34. The van der Waals surface area contributed by atoms with Crippen molar-refractivity contribution in [1.29, 1.82) is 0 Å². The van der Waals surface area contributed by atoms with Crippen LogP contribution in [-0.4, -0.2) is 23.3 Å². The molecule has 0 saturated heterocycles. The molecule has 1 aromatic heterocycles. The summed E-state index contributed by atoms with van der Waals surface area (Å²) in [4.78, 5) is 30.9. The van der Waals surface area contributed by atoms with Crippen LogP contribution in [0, 0.1) is 5.82 Å². The molecule has 0 aliphatic carbocycles. The van der Waals surface area contributed by atoms with Gasteiger partial charge in [-0.3, -0.25) is 14.6 Å². The smallest absolute Gasteiger partial charge is 0.259 e. The van der Waals surface area contributed by atoms with Crippen LogP contribution in [0.1, 0.15) is 32.7 Å². The van der Waals surface area contributed by atoms with E-state index in [-0.39, 0.29) is 17.6 Å². The quantitative estimate of drug-likeness (QED) is 0.751. The zero-order valence-corrected chi connectivity index (χ0v) is 15.1. The molecule has 28 heavy (non-hydrogen) atoms. The molecule has 3 aromatic rings. The van der Waals surface area contributed by atoms with E-state index < -0.39 is 0 Å². The molecule has 2 heterocycles.